The molecule has 0 amide bonds. The van der Waals surface area contributed by atoms with Gasteiger partial charge in [0.15, 0.2) is 11.5 Å². The Labute approximate surface area is 125 Å². The van der Waals surface area contributed by atoms with Crippen molar-refractivity contribution >= 4 is 0 Å². The third-order valence-electron chi connectivity index (χ3n) is 3.70. The lowest BCUT2D eigenvalue weighted by Gasteiger charge is -1.93. The van der Waals surface area contributed by atoms with Gasteiger partial charge in [-0.1, -0.05) is 26.7 Å². The Morgan fingerprint density at radius 2 is 1.29 bits per heavy atom. The molecule has 0 aliphatic rings. The molecular weight excluding hydrogens is 260 g/mol. The fourth-order valence-electron chi connectivity index (χ4n) is 2.66. The van der Waals surface area contributed by atoms with Gasteiger partial charge >= 0.3 is 0 Å². The third-order valence-corrected chi connectivity index (χ3v) is 3.70. The summed E-state index contributed by atoms with van der Waals surface area (Å²) >= 11 is 0. The first kappa shape index (κ1) is 13.8. The molecule has 3 heteroatoms. The summed E-state index contributed by atoms with van der Waals surface area (Å²) in [7, 11) is 0. The van der Waals surface area contributed by atoms with Crippen LogP contribution in [0.5, 0.6) is 0 Å². The molecule has 0 aliphatic heterocycles. The summed E-state index contributed by atoms with van der Waals surface area (Å²) < 4.78 is 5.98. The van der Waals surface area contributed by atoms with Crippen LogP contribution < -0.4 is 0 Å². The first-order valence-corrected chi connectivity index (χ1v) is 7.75. The monoisotopic (exact) mass is 282 g/mol. The molecule has 3 nitrogen and oxygen atoms in total. The van der Waals surface area contributed by atoms with Crippen LogP contribution in [0.4, 0.5) is 0 Å². The number of H-pyrrole nitrogens is 2. The summed E-state index contributed by atoms with van der Waals surface area (Å²) in [6, 6.07) is 8.39. The van der Waals surface area contributed by atoms with Gasteiger partial charge in [0, 0.05) is 12.4 Å². The topological polar surface area (TPSA) is 44.7 Å². The number of aryl methyl sites for hydroxylation is 2. The fourth-order valence-corrected chi connectivity index (χ4v) is 2.66. The van der Waals surface area contributed by atoms with Crippen LogP contribution in [-0.2, 0) is 12.8 Å². The van der Waals surface area contributed by atoms with Crippen LogP contribution in [0.3, 0.4) is 0 Å². The summed E-state index contributed by atoms with van der Waals surface area (Å²) in [5.41, 5.74) is 4.75. The average Bonchev–Trinajstić information content (AvgIpc) is 3.18. The number of aromatic nitrogens is 2. The fraction of sp³-hybridized carbons (Fsp3) is 0.333. The maximum Gasteiger partial charge on any atom is 0.151 e. The zero-order valence-corrected chi connectivity index (χ0v) is 12.7. The molecule has 0 saturated heterocycles. The van der Waals surface area contributed by atoms with Gasteiger partial charge < -0.3 is 14.4 Å². The van der Waals surface area contributed by atoms with E-state index in [2.05, 4.69) is 48.3 Å². The first-order valence-electron chi connectivity index (χ1n) is 7.75. The summed E-state index contributed by atoms with van der Waals surface area (Å²) in [5.74, 6) is 1.78. The second kappa shape index (κ2) is 6.08. The van der Waals surface area contributed by atoms with Gasteiger partial charge in [-0.15, -0.1) is 0 Å². The van der Waals surface area contributed by atoms with E-state index in [-0.39, 0.29) is 0 Å². The molecule has 3 rings (SSSR count). The first-order chi connectivity index (χ1) is 10.3. The highest BCUT2D eigenvalue weighted by molar-refractivity contribution is 5.61. The van der Waals surface area contributed by atoms with E-state index in [1.807, 2.05) is 12.1 Å². The Balaban J connectivity index is 1.81. The summed E-state index contributed by atoms with van der Waals surface area (Å²) in [6.07, 6.45) is 8.64. The minimum absolute atomic E-state index is 0.888. The van der Waals surface area contributed by atoms with Crippen LogP contribution in [-0.4, -0.2) is 9.97 Å². The van der Waals surface area contributed by atoms with Gasteiger partial charge in [-0.2, -0.15) is 0 Å². The molecule has 3 aromatic rings. The van der Waals surface area contributed by atoms with E-state index in [1.165, 1.54) is 11.1 Å². The summed E-state index contributed by atoms with van der Waals surface area (Å²) in [6.45, 7) is 4.38. The SMILES string of the molecule is CCCc1c[nH]c(-c2ccc(-c3cc(CCC)c[nH]3)o2)c1. The quantitative estimate of drug-likeness (QED) is 0.643. The lowest BCUT2D eigenvalue weighted by molar-refractivity contribution is 0.593. The number of nitrogens with one attached hydrogen (secondary N) is 2. The number of hydrogen-bond donors (Lipinski definition) is 2. The smallest absolute Gasteiger partial charge is 0.151 e. The van der Waals surface area contributed by atoms with Gasteiger partial charge in [0.25, 0.3) is 0 Å². The van der Waals surface area contributed by atoms with E-state index in [4.69, 9.17) is 4.42 Å². The van der Waals surface area contributed by atoms with E-state index < -0.39 is 0 Å². The van der Waals surface area contributed by atoms with Gasteiger partial charge in [0.05, 0.1) is 11.4 Å². The summed E-state index contributed by atoms with van der Waals surface area (Å²) in [5, 5.41) is 0. The molecular formula is C18H22N2O. The Kier molecular flexibility index (Phi) is 4.00. The van der Waals surface area contributed by atoms with Crippen molar-refractivity contribution in [3.8, 4) is 22.9 Å². The Morgan fingerprint density at radius 3 is 1.71 bits per heavy atom. The normalized spacial score (nSPS) is 11.1. The van der Waals surface area contributed by atoms with Crippen LogP contribution in [0.1, 0.15) is 37.8 Å². The molecule has 0 saturated carbocycles. The lowest BCUT2D eigenvalue weighted by atomic mass is 10.2. The highest BCUT2D eigenvalue weighted by Crippen LogP contribution is 2.28. The number of rotatable bonds is 6. The summed E-state index contributed by atoms with van der Waals surface area (Å²) in [4.78, 5) is 6.59. The predicted octanol–water partition coefficient (Wildman–Crippen LogP) is 5.17. The highest BCUT2D eigenvalue weighted by Gasteiger charge is 2.10. The molecule has 0 spiro atoms. The molecule has 21 heavy (non-hydrogen) atoms. The molecule has 0 radical (unpaired) electrons. The Morgan fingerprint density at radius 1 is 0.810 bits per heavy atom. The number of furan rings is 1. The molecule has 2 N–H and O–H groups in total. The van der Waals surface area contributed by atoms with Crippen molar-refractivity contribution in [2.24, 2.45) is 0 Å². The van der Waals surface area contributed by atoms with E-state index in [0.29, 0.717) is 0 Å². The van der Waals surface area contributed by atoms with Crippen molar-refractivity contribution in [2.75, 3.05) is 0 Å². The van der Waals surface area contributed by atoms with Crippen LogP contribution in [0, 0.1) is 0 Å². The molecule has 110 valence electrons. The molecule has 0 unspecified atom stereocenters. The molecule has 0 aliphatic carbocycles. The zero-order valence-electron chi connectivity index (χ0n) is 12.7. The number of hydrogen-bond acceptors (Lipinski definition) is 1. The van der Waals surface area contributed by atoms with Crippen LogP contribution in [0.15, 0.2) is 41.1 Å². The lowest BCUT2D eigenvalue weighted by Crippen LogP contribution is -1.75. The van der Waals surface area contributed by atoms with Gasteiger partial charge in [-0.3, -0.25) is 0 Å². The molecule has 0 atom stereocenters. The van der Waals surface area contributed by atoms with Crippen molar-refractivity contribution in [1.29, 1.82) is 0 Å². The van der Waals surface area contributed by atoms with Crippen molar-refractivity contribution < 1.29 is 4.42 Å². The molecule has 0 aromatic carbocycles. The molecule has 0 bridgehead atoms. The van der Waals surface area contributed by atoms with E-state index in [0.717, 1.165) is 48.6 Å². The van der Waals surface area contributed by atoms with Crippen LogP contribution in [0.25, 0.3) is 22.9 Å². The minimum Gasteiger partial charge on any atom is -0.453 e. The second-order valence-corrected chi connectivity index (χ2v) is 5.51. The van der Waals surface area contributed by atoms with E-state index in [1.54, 1.807) is 0 Å². The van der Waals surface area contributed by atoms with Gasteiger partial charge in [-0.05, 0) is 48.2 Å². The largest absolute Gasteiger partial charge is 0.453 e. The van der Waals surface area contributed by atoms with Crippen LogP contribution >= 0.6 is 0 Å². The standard InChI is InChI=1S/C18H22N2O/c1-3-5-13-9-15(19-11-13)17-7-8-18(21-17)16-10-14(6-4-2)12-20-16/h7-12,19-20H,3-6H2,1-2H3. The predicted molar refractivity (Wildman–Crippen MR) is 86.3 cm³/mol. The van der Waals surface area contributed by atoms with Crippen molar-refractivity contribution in [1.82, 2.24) is 9.97 Å². The van der Waals surface area contributed by atoms with Crippen molar-refractivity contribution in [3.05, 3.63) is 47.8 Å². The molecule has 3 aromatic heterocycles. The minimum atomic E-state index is 0.888. The third kappa shape index (κ3) is 2.97. The Bertz CT molecular complexity index is 643. The average molecular weight is 282 g/mol. The van der Waals surface area contributed by atoms with E-state index in [9.17, 15) is 0 Å². The van der Waals surface area contributed by atoms with Gasteiger partial charge in [0.1, 0.15) is 0 Å². The second-order valence-electron chi connectivity index (χ2n) is 5.51. The van der Waals surface area contributed by atoms with Crippen LogP contribution in [0.2, 0.25) is 0 Å². The van der Waals surface area contributed by atoms with Gasteiger partial charge in [0.2, 0.25) is 0 Å². The highest BCUT2D eigenvalue weighted by atomic mass is 16.3. The maximum atomic E-state index is 5.98. The van der Waals surface area contributed by atoms with Crippen molar-refractivity contribution in [3.63, 3.8) is 0 Å². The molecule has 0 fully saturated rings. The zero-order chi connectivity index (χ0) is 14.7. The Hall–Kier alpha value is -2.16. The van der Waals surface area contributed by atoms with Gasteiger partial charge in [-0.25, -0.2) is 0 Å². The van der Waals surface area contributed by atoms with E-state index >= 15 is 0 Å². The van der Waals surface area contributed by atoms with Crippen molar-refractivity contribution in [2.45, 2.75) is 39.5 Å². The maximum absolute atomic E-state index is 5.98. The molecule has 3 heterocycles. The number of aromatic amines is 2.